The highest BCUT2D eigenvalue weighted by molar-refractivity contribution is 8.26. The first-order chi connectivity index (χ1) is 11.6. The standard InChI is InChI=1S/C16H13N3O3S2/c1-22-12-6-4-10(5-7-12)14(20)18-19-15(21)13(24-16(19)23)9-11-3-2-8-17-11/h2-9,17H,1H3,(H,18,20)/b13-9-. The van der Waals surface area contributed by atoms with Crippen LogP contribution in [0.5, 0.6) is 5.75 Å². The van der Waals surface area contributed by atoms with Gasteiger partial charge >= 0.3 is 0 Å². The number of carbonyl (C=O) groups excluding carboxylic acids is 2. The van der Waals surface area contributed by atoms with Crippen LogP contribution in [0.4, 0.5) is 0 Å². The van der Waals surface area contributed by atoms with E-state index in [1.165, 1.54) is 0 Å². The highest BCUT2D eigenvalue weighted by Crippen LogP contribution is 2.31. The number of hydrazine groups is 1. The number of thioether (sulfide) groups is 1. The molecule has 2 N–H and O–H groups in total. The molecule has 3 rings (SSSR count). The molecule has 24 heavy (non-hydrogen) atoms. The summed E-state index contributed by atoms with van der Waals surface area (Å²) in [5.74, 6) is -0.136. The lowest BCUT2D eigenvalue weighted by Crippen LogP contribution is -2.44. The largest absolute Gasteiger partial charge is 0.497 e. The molecule has 1 aliphatic rings. The summed E-state index contributed by atoms with van der Waals surface area (Å²) in [7, 11) is 1.55. The van der Waals surface area contributed by atoms with Crippen molar-refractivity contribution in [3.63, 3.8) is 0 Å². The van der Waals surface area contributed by atoms with Crippen LogP contribution >= 0.6 is 24.0 Å². The van der Waals surface area contributed by atoms with Crippen LogP contribution in [0, 0.1) is 0 Å². The zero-order chi connectivity index (χ0) is 17.1. The number of rotatable bonds is 4. The topological polar surface area (TPSA) is 74.4 Å². The van der Waals surface area contributed by atoms with Crippen LogP contribution in [0.3, 0.4) is 0 Å². The van der Waals surface area contributed by atoms with Crippen molar-refractivity contribution in [3.05, 3.63) is 58.8 Å². The van der Waals surface area contributed by atoms with Crippen molar-refractivity contribution < 1.29 is 14.3 Å². The molecule has 0 radical (unpaired) electrons. The van der Waals surface area contributed by atoms with Crippen LogP contribution in [-0.4, -0.2) is 33.2 Å². The number of nitrogens with zero attached hydrogens (tertiary/aromatic N) is 1. The highest BCUT2D eigenvalue weighted by atomic mass is 32.2. The van der Waals surface area contributed by atoms with Crippen LogP contribution < -0.4 is 10.2 Å². The SMILES string of the molecule is COc1ccc(C(=O)NN2C(=O)/C(=C/c3ccc[nH]3)SC2=S)cc1. The van der Waals surface area contributed by atoms with Crippen LogP contribution in [-0.2, 0) is 4.79 Å². The summed E-state index contributed by atoms with van der Waals surface area (Å²) in [6.07, 6.45) is 3.46. The Balaban J connectivity index is 1.73. The third kappa shape index (κ3) is 3.34. The summed E-state index contributed by atoms with van der Waals surface area (Å²) in [5.41, 5.74) is 3.72. The van der Waals surface area contributed by atoms with E-state index < -0.39 is 5.91 Å². The summed E-state index contributed by atoms with van der Waals surface area (Å²) in [6.45, 7) is 0. The smallest absolute Gasteiger partial charge is 0.285 e. The van der Waals surface area contributed by atoms with Crippen molar-refractivity contribution in [1.29, 1.82) is 0 Å². The van der Waals surface area contributed by atoms with Gasteiger partial charge in [-0.15, -0.1) is 0 Å². The molecule has 1 saturated heterocycles. The van der Waals surface area contributed by atoms with Crippen LogP contribution in [0.2, 0.25) is 0 Å². The first-order valence-corrected chi connectivity index (χ1v) is 8.17. The fourth-order valence-corrected chi connectivity index (χ4v) is 3.22. The summed E-state index contributed by atoms with van der Waals surface area (Å²) in [5, 5.41) is 1.08. The van der Waals surface area contributed by atoms with Gasteiger partial charge in [-0.1, -0.05) is 11.8 Å². The highest BCUT2D eigenvalue weighted by Gasteiger charge is 2.33. The molecule has 0 aliphatic carbocycles. The number of benzene rings is 1. The maximum absolute atomic E-state index is 12.4. The molecule has 0 saturated carbocycles. The zero-order valence-electron chi connectivity index (χ0n) is 12.6. The molecular weight excluding hydrogens is 346 g/mol. The van der Waals surface area contributed by atoms with E-state index in [9.17, 15) is 9.59 Å². The molecule has 6 nitrogen and oxygen atoms in total. The summed E-state index contributed by atoms with van der Waals surface area (Å²) >= 11 is 6.32. The maximum Gasteiger partial charge on any atom is 0.285 e. The lowest BCUT2D eigenvalue weighted by Gasteiger charge is -2.15. The molecule has 1 aromatic carbocycles. The average molecular weight is 359 g/mol. The van der Waals surface area contributed by atoms with E-state index >= 15 is 0 Å². The van der Waals surface area contributed by atoms with Crippen molar-refractivity contribution in [1.82, 2.24) is 15.4 Å². The van der Waals surface area contributed by atoms with E-state index in [0.717, 1.165) is 22.5 Å². The lowest BCUT2D eigenvalue weighted by atomic mass is 10.2. The summed E-state index contributed by atoms with van der Waals surface area (Å²) in [6, 6.07) is 10.2. The third-order valence-corrected chi connectivity index (χ3v) is 4.57. The molecule has 1 aromatic heterocycles. The first-order valence-electron chi connectivity index (χ1n) is 6.95. The normalized spacial score (nSPS) is 15.9. The van der Waals surface area contributed by atoms with Gasteiger partial charge in [0.15, 0.2) is 4.32 Å². The number of amides is 2. The number of ether oxygens (including phenoxy) is 1. The molecule has 0 atom stereocenters. The molecule has 0 spiro atoms. The second-order valence-corrected chi connectivity index (χ2v) is 6.49. The number of nitrogens with one attached hydrogen (secondary N) is 2. The minimum Gasteiger partial charge on any atom is -0.497 e. The van der Waals surface area contributed by atoms with E-state index in [1.807, 2.05) is 12.1 Å². The average Bonchev–Trinajstić information content (AvgIpc) is 3.19. The number of hydrogen-bond donors (Lipinski definition) is 2. The monoisotopic (exact) mass is 359 g/mol. The van der Waals surface area contributed by atoms with Gasteiger partial charge < -0.3 is 9.72 Å². The van der Waals surface area contributed by atoms with Gasteiger partial charge in [0.25, 0.3) is 11.8 Å². The Morgan fingerprint density at radius 3 is 2.71 bits per heavy atom. The van der Waals surface area contributed by atoms with Crippen molar-refractivity contribution in [2.75, 3.05) is 7.11 Å². The molecule has 2 heterocycles. The number of H-pyrrole nitrogens is 1. The van der Waals surface area contributed by atoms with Gasteiger partial charge in [0.2, 0.25) is 0 Å². The van der Waals surface area contributed by atoms with Gasteiger partial charge in [0.05, 0.1) is 12.0 Å². The molecule has 1 aliphatic heterocycles. The Labute approximate surface area is 147 Å². The predicted molar refractivity (Wildman–Crippen MR) is 96.3 cm³/mol. The maximum atomic E-state index is 12.4. The Kier molecular flexibility index (Phi) is 4.68. The van der Waals surface area contributed by atoms with Crippen molar-refractivity contribution in [2.45, 2.75) is 0 Å². The van der Waals surface area contributed by atoms with E-state index in [0.29, 0.717) is 16.2 Å². The molecule has 0 unspecified atom stereocenters. The molecule has 2 amide bonds. The molecule has 0 bridgehead atoms. The second kappa shape index (κ2) is 6.90. The van der Waals surface area contributed by atoms with Gasteiger partial charge in [0.1, 0.15) is 5.75 Å². The third-order valence-electron chi connectivity index (χ3n) is 3.27. The predicted octanol–water partition coefficient (Wildman–Crippen LogP) is 2.57. The fourth-order valence-electron chi connectivity index (χ4n) is 2.05. The number of thiocarbonyl (C=S) groups is 1. The van der Waals surface area contributed by atoms with Gasteiger partial charge in [0, 0.05) is 17.5 Å². The van der Waals surface area contributed by atoms with Crippen LogP contribution in [0.1, 0.15) is 16.1 Å². The number of methoxy groups -OCH3 is 1. The van der Waals surface area contributed by atoms with Crippen molar-refractivity contribution >= 4 is 46.2 Å². The van der Waals surface area contributed by atoms with Gasteiger partial charge in [-0.3, -0.25) is 15.0 Å². The molecular formula is C16H13N3O3S2. The molecule has 8 heteroatoms. The number of hydrogen-bond acceptors (Lipinski definition) is 5. The molecule has 1 fully saturated rings. The minimum atomic E-state index is -0.421. The van der Waals surface area contributed by atoms with E-state index in [-0.39, 0.29) is 10.2 Å². The Hall–Kier alpha value is -2.58. The van der Waals surface area contributed by atoms with E-state index in [1.54, 1.807) is 43.6 Å². The Morgan fingerprint density at radius 1 is 1.33 bits per heavy atom. The minimum absolute atomic E-state index is 0.277. The molecule has 2 aromatic rings. The lowest BCUT2D eigenvalue weighted by molar-refractivity contribution is -0.123. The van der Waals surface area contributed by atoms with Crippen LogP contribution in [0.25, 0.3) is 6.08 Å². The number of aromatic amines is 1. The van der Waals surface area contributed by atoms with Gasteiger partial charge in [-0.2, -0.15) is 5.01 Å². The van der Waals surface area contributed by atoms with E-state index in [2.05, 4.69) is 10.4 Å². The van der Waals surface area contributed by atoms with Crippen molar-refractivity contribution in [3.8, 4) is 5.75 Å². The summed E-state index contributed by atoms with van der Waals surface area (Å²) in [4.78, 5) is 28.1. The second-order valence-electron chi connectivity index (χ2n) is 4.81. The fraction of sp³-hybridized carbons (Fsp3) is 0.0625. The van der Waals surface area contributed by atoms with Gasteiger partial charge in [-0.25, -0.2) is 0 Å². The van der Waals surface area contributed by atoms with Gasteiger partial charge in [-0.05, 0) is 54.7 Å². The Morgan fingerprint density at radius 2 is 2.08 bits per heavy atom. The van der Waals surface area contributed by atoms with Crippen molar-refractivity contribution in [2.24, 2.45) is 0 Å². The zero-order valence-corrected chi connectivity index (χ0v) is 14.2. The Bertz CT molecular complexity index is 814. The summed E-state index contributed by atoms with van der Waals surface area (Å²) < 4.78 is 5.33. The quantitative estimate of drug-likeness (QED) is 0.648. The first kappa shape index (κ1) is 16.3. The number of aromatic nitrogens is 1. The number of carbonyl (C=O) groups is 2. The van der Waals surface area contributed by atoms with E-state index in [4.69, 9.17) is 17.0 Å². The van der Waals surface area contributed by atoms with Crippen LogP contribution in [0.15, 0.2) is 47.5 Å². The molecule has 122 valence electrons.